The van der Waals surface area contributed by atoms with Crippen molar-refractivity contribution >= 4 is 17.0 Å². The van der Waals surface area contributed by atoms with E-state index in [1.54, 1.807) is 10.9 Å². The Morgan fingerprint density at radius 1 is 1.20 bits per heavy atom. The third-order valence-corrected chi connectivity index (χ3v) is 8.39. The minimum atomic E-state index is -0.823. The normalized spacial score (nSPS) is 16.7. The van der Waals surface area contributed by atoms with E-state index in [2.05, 4.69) is 65.2 Å². The zero-order valence-electron chi connectivity index (χ0n) is 24.6. The maximum Gasteiger partial charge on any atom is 0.312 e. The Kier molecular flexibility index (Phi) is 7.64. The van der Waals surface area contributed by atoms with Crippen LogP contribution in [-0.4, -0.2) is 50.6 Å². The molecule has 2 aromatic carbocycles. The molecule has 1 aliphatic heterocycles. The van der Waals surface area contributed by atoms with Gasteiger partial charge < -0.3 is 9.47 Å². The van der Waals surface area contributed by atoms with Gasteiger partial charge in [-0.1, -0.05) is 36.4 Å². The fourth-order valence-corrected chi connectivity index (χ4v) is 6.00. The van der Waals surface area contributed by atoms with E-state index in [9.17, 15) is 4.79 Å². The van der Waals surface area contributed by atoms with Crippen LogP contribution in [0.4, 0.5) is 0 Å². The van der Waals surface area contributed by atoms with Gasteiger partial charge in [-0.2, -0.15) is 0 Å². The van der Waals surface area contributed by atoms with Crippen LogP contribution in [0, 0.1) is 19.3 Å². The van der Waals surface area contributed by atoms with Gasteiger partial charge in [0.2, 0.25) is 0 Å². The number of aromatic nitrogens is 4. The first-order valence-corrected chi connectivity index (χ1v) is 13.9. The topological polar surface area (TPSA) is 82.4 Å². The highest BCUT2D eigenvalue weighted by Crippen LogP contribution is 2.44. The molecule has 0 saturated heterocycles. The molecule has 1 aliphatic rings. The van der Waals surface area contributed by atoms with E-state index in [1.807, 2.05) is 39.2 Å². The van der Waals surface area contributed by atoms with Crippen LogP contribution in [0.1, 0.15) is 66.5 Å². The molecule has 40 heavy (non-hydrogen) atoms. The van der Waals surface area contributed by atoms with E-state index in [-0.39, 0.29) is 18.0 Å². The number of carbonyl (C=O) groups excluding carboxylic acids is 1. The van der Waals surface area contributed by atoms with Gasteiger partial charge in [-0.25, -0.2) is 4.68 Å². The lowest BCUT2D eigenvalue weighted by atomic mass is 9.69. The number of ether oxygens (including phenoxy) is 2. The summed E-state index contributed by atoms with van der Waals surface area (Å²) in [7, 11) is 3.35. The Labute approximate surface area is 236 Å². The summed E-state index contributed by atoms with van der Waals surface area (Å²) in [6.07, 6.45) is 4.73. The number of fused-ring (bicyclic) bond motifs is 2. The van der Waals surface area contributed by atoms with Crippen LogP contribution in [0.3, 0.4) is 0 Å². The number of methoxy groups -OCH3 is 1. The molecule has 0 aliphatic carbocycles. The molecule has 2 aromatic heterocycles. The van der Waals surface area contributed by atoms with E-state index >= 15 is 0 Å². The van der Waals surface area contributed by atoms with Gasteiger partial charge in [0.15, 0.2) is 0 Å². The van der Waals surface area contributed by atoms with Gasteiger partial charge in [0, 0.05) is 50.6 Å². The Morgan fingerprint density at radius 2 is 2.00 bits per heavy atom. The third kappa shape index (κ3) is 5.08. The summed E-state index contributed by atoms with van der Waals surface area (Å²) < 4.78 is 13.4. The number of hydrogen-bond donors (Lipinski definition) is 0. The van der Waals surface area contributed by atoms with Crippen molar-refractivity contribution in [3.8, 4) is 5.75 Å². The van der Waals surface area contributed by atoms with Crippen LogP contribution in [0.15, 0.2) is 48.8 Å². The summed E-state index contributed by atoms with van der Waals surface area (Å²) >= 11 is 0. The van der Waals surface area contributed by atoms with E-state index in [4.69, 9.17) is 9.47 Å². The van der Waals surface area contributed by atoms with E-state index in [1.165, 1.54) is 18.2 Å². The molecule has 0 spiro atoms. The molecule has 8 heteroatoms. The van der Waals surface area contributed by atoms with Gasteiger partial charge in [0.05, 0.1) is 18.0 Å². The van der Waals surface area contributed by atoms with Crippen LogP contribution in [-0.2, 0) is 29.7 Å². The Hall–Kier alpha value is -3.78. The van der Waals surface area contributed by atoms with Crippen molar-refractivity contribution in [1.29, 1.82) is 0 Å². The van der Waals surface area contributed by atoms with Gasteiger partial charge in [0.1, 0.15) is 17.4 Å². The van der Waals surface area contributed by atoms with Gasteiger partial charge >= 0.3 is 5.97 Å². The number of nitrogens with zero attached hydrogens (tertiary/aromatic N) is 5. The van der Waals surface area contributed by atoms with Crippen LogP contribution in [0.2, 0.25) is 0 Å². The molecule has 0 N–H and O–H groups in total. The molecule has 0 amide bonds. The second kappa shape index (κ2) is 11.0. The van der Waals surface area contributed by atoms with Crippen molar-refractivity contribution < 1.29 is 14.3 Å². The third-order valence-electron chi connectivity index (χ3n) is 8.39. The Morgan fingerprint density at radius 3 is 2.75 bits per heavy atom. The lowest BCUT2D eigenvalue weighted by Crippen LogP contribution is -2.34. The molecule has 0 saturated carbocycles. The maximum atomic E-state index is 13.2. The van der Waals surface area contributed by atoms with Gasteiger partial charge in [-0.15, -0.1) is 5.10 Å². The first-order valence-electron chi connectivity index (χ1n) is 13.9. The first-order chi connectivity index (χ1) is 19.1. The number of pyridine rings is 1. The zero-order valence-corrected chi connectivity index (χ0v) is 24.6. The molecule has 0 fully saturated rings. The maximum absolute atomic E-state index is 13.2. The average molecular weight is 542 g/mol. The number of hydrogen-bond acceptors (Lipinski definition) is 7. The van der Waals surface area contributed by atoms with Crippen LogP contribution in [0.25, 0.3) is 11.0 Å². The SMILES string of the molecule is CCC1CN(Cc2cc(C(c3ccc4c(nnn4C)c3C)C(C)(C)C(=O)OC)ccc2C)Cc2cnccc2O1. The van der Waals surface area contributed by atoms with Crippen LogP contribution < -0.4 is 4.74 Å². The standard InChI is InChI=1S/C32H39N5O3/c1-8-25-19-37(18-24-16-33-14-13-28(24)40-25)17-23-15-22(10-9-20(23)2)29(32(4,5)31(38)39-7)26-11-12-27-30(21(26)3)34-35-36(27)6/h9-16,25,29H,8,17-19H2,1-7H3. The highest BCUT2D eigenvalue weighted by atomic mass is 16.5. The largest absolute Gasteiger partial charge is 0.489 e. The van der Waals surface area contributed by atoms with Crippen molar-refractivity contribution in [3.63, 3.8) is 0 Å². The average Bonchev–Trinajstić information content (AvgIpc) is 3.22. The Balaban J connectivity index is 1.57. The molecule has 8 nitrogen and oxygen atoms in total. The number of carbonyl (C=O) groups is 1. The van der Waals surface area contributed by atoms with E-state index in [0.29, 0.717) is 0 Å². The van der Waals surface area contributed by atoms with Gasteiger partial charge in [0.25, 0.3) is 0 Å². The Bertz CT molecular complexity index is 1540. The number of benzene rings is 2. The fraction of sp³-hybridized carbons (Fsp3) is 0.438. The highest BCUT2D eigenvalue weighted by Gasteiger charge is 2.41. The molecular formula is C32H39N5O3. The quantitative estimate of drug-likeness (QED) is 0.286. The van der Waals surface area contributed by atoms with E-state index in [0.717, 1.165) is 65.1 Å². The summed E-state index contributed by atoms with van der Waals surface area (Å²) in [5.74, 6) is 0.425. The predicted molar refractivity (Wildman–Crippen MR) is 155 cm³/mol. The molecule has 0 radical (unpaired) electrons. The smallest absolute Gasteiger partial charge is 0.312 e. The van der Waals surface area contributed by atoms with Crippen molar-refractivity contribution in [2.75, 3.05) is 13.7 Å². The number of rotatable bonds is 7. The van der Waals surface area contributed by atoms with Gasteiger partial charge in [-0.05, 0) is 74.1 Å². The van der Waals surface area contributed by atoms with Crippen molar-refractivity contribution in [2.24, 2.45) is 12.5 Å². The first kappa shape index (κ1) is 27.8. The van der Waals surface area contributed by atoms with E-state index < -0.39 is 5.41 Å². The number of esters is 1. The molecule has 2 unspecified atom stereocenters. The van der Waals surface area contributed by atoms with Crippen LogP contribution in [0.5, 0.6) is 5.75 Å². The van der Waals surface area contributed by atoms with Crippen LogP contribution >= 0.6 is 0 Å². The molecule has 3 heterocycles. The molecule has 0 bridgehead atoms. The lowest BCUT2D eigenvalue weighted by molar-refractivity contribution is -0.151. The van der Waals surface area contributed by atoms with Crippen molar-refractivity contribution in [3.05, 3.63) is 82.2 Å². The molecule has 2 atom stereocenters. The van der Waals surface area contributed by atoms with Gasteiger partial charge in [-0.3, -0.25) is 14.7 Å². The minimum Gasteiger partial charge on any atom is -0.489 e. The summed E-state index contributed by atoms with van der Waals surface area (Å²) in [5.41, 5.74) is 7.67. The predicted octanol–water partition coefficient (Wildman–Crippen LogP) is 5.48. The molecule has 210 valence electrons. The lowest BCUT2D eigenvalue weighted by Gasteiger charge is -2.34. The monoisotopic (exact) mass is 541 g/mol. The summed E-state index contributed by atoms with van der Waals surface area (Å²) in [5, 5.41) is 8.65. The second-order valence-corrected chi connectivity index (χ2v) is 11.5. The molecular weight excluding hydrogens is 502 g/mol. The summed E-state index contributed by atoms with van der Waals surface area (Å²) in [6.45, 7) is 12.7. The summed E-state index contributed by atoms with van der Waals surface area (Å²) in [4.78, 5) is 20.0. The molecule has 4 aromatic rings. The molecule has 5 rings (SSSR count). The zero-order chi connectivity index (χ0) is 28.6. The fourth-order valence-electron chi connectivity index (χ4n) is 6.00. The second-order valence-electron chi connectivity index (χ2n) is 11.5. The van der Waals surface area contributed by atoms with Crippen molar-refractivity contribution in [2.45, 2.75) is 66.2 Å². The summed E-state index contributed by atoms with van der Waals surface area (Å²) in [6, 6.07) is 12.7. The highest BCUT2D eigenvalue weighted by molar-refractivity contribution is 5.82. The number of aryl methyl sites for hydroxylation is 3. The van der Waals surface area contributed by atoms with Crippen molar-refractivity contribution in [1.82, 2.24) is 24.9 Å². The minimum absolute atomic E-state index is 0.111.